The highest BCUT2D eigenvalue weighted by Crippen LogP contribution is 2.29. The van der Waals surface area contributed by atoms with Crippen LogP contribution in [0.1, 0.15) is 27.9 Å². The van der Waals surface area contributed by atoms with Gasteiger partial charge in [0.25, 0.3) is 5.91 Å². The Morgan fingerprint density at radius 1 is 1.40 bits per heavy atom. The van der Waals surface area contributed by atoms with Gasteiger partial charge < -0.3 is 9.64 Å². The molecule has 2 aromatic rings. The largest absolute Gasteiger partial charge is 0.450 e. The second-order valence-electron chi connectivity index (χ2n) is 5.34. The summed E-state index contributed by atoms with van der Waals surface area (Å²) in [5.41, 5.74) is 0.531. The predicted molar refractivity (Wildman–Crippen MR) is 87.6 cm³/mol. The third-order valence-electron chi connectivity index (χ3n) is 3.65. The van der Waals surface area contributed by atoms with Crippen LogP contribution in [0.25, 0.3) is 0 Å². The van der Waals surface area contributed by atoms with Gasteiger partial charge in [-0.2, -0.15) is 0 Å². The standard InChI is InChI=1S/C16H15F2N3O3S/c1-2-24-16(23)21-6-5-12-13(8-21)25-15(19-12)20-14(22)10-4-3-9(17)7-11(10)18/h3-4,7H,2,5-6,8H2,1H3,(H,19,20,22). The molecule has 9 heteroatoms. The Morgan fingerprint density at radius 2 is 2.20 bits per heavy atom. The van der Waals surface area contributed by atoms with Crippen molar-refractivity contribution in [2.45, 2.75) is 19.9 Å². The van der Waals surface area contributed by atoms with Crippen LogP contribution in [0.5, 0.6) is 0 Å². The zero-order valence-electron chi connectivity index (χ0n) is 13.3. The number of carbonyl (C=O) groups excluding carboxylic acids is 2. The van der Waals surface area contributed by atoms with E-state index in [1.54, 1.807) is 11.8 Å². The third-order valence-corrected chi connectivity index (χ3v) is 4.65. The number of ether oxygens (including phenoxy) is 1. The lowest BCUT2D eigenvalue weighted by atomic mass is 10.2. The fourth-order valence-electron chi connectivity index (χ4n) is 2.46. The predicted octanol–water partition coefficient (Wildman–Crippen LogP) is 3.19. The summed E-state index contributed by atoms with van der Waals surface area (Å²) < 4.78 is 31.6. The van der Waals surface area contributed by atoms with Gasteiger partial charge >= 0.3 is 6.09 Å². The summed E-state index contributed by atoms with van der Waals surface area (Å²) in [6, 6.07) is 2.75. The minimum absolute atomic E-state index is 0.261. The molecule has 0 unspecified atom stereocenters. The molecule has 0 saturated heterocycles. The van der Waals surface area contributed by atoms with Crippen LogP contribution < -0.4 is 5.32 Å². The Morgan fingerprint density at radius 3 is 2.92 bits per heavy atom. The van der Waals surface area contributed by atoms with Crippen LogP contribution in [0.15, 0.2) is 18.2 Å². The summed E-state index contributed by atoms with van der Waals surface area (Å²) in [6.45, 7) is 2.87. The zero-order chi connectivity index (χ0) is 18.0. The molecule has 25 heavy (non-hydrogen) atoms. The summed E-state index contributed by atoms with van der Waals surface area (Å²) in [7, 11) is 0. The van der Waals surface area contributed by atoms with Gasteiger partial charge in [-0.15, -0.1) is 0 Å². The molecule has 0 spiro atoms. The normalized spacial score (nSPS) is 13.3. The molecule has 0 fully saturated rings. The van der Waals surface area contributed by atoms with Gasteiger partial charge in [0.1, 0.15) is 11.6 Å². The molecular formula is C16H15F2N3O3S. The van der Waals surface area contributed by atoms with Crippen LogP contribution in [0.3, 0.4) is 0 Å². The van der Waals surface area contributed by atoms with Crippen molar-refractivity contribution >= 4 is 28.5 Å². The molecule has 0 atom stereocenters. The van der Waals surface area contributed by atoms with E-state index in [0.717, 1.165) is 22.7 Å². The molecule has 132 valence electrons. The van der Waals surface area contributed by atoms with Gasteiger partial charge in [-0.25, -0.2) is 18.6 Å². The summed E-state index contributed by atoms with van der Waals surface area (Å²) >= 11 is 1.22. The number of rotatable bonds is 3. The maximum atomic E-state index is 13.7. The van der Waals surface area contributed by atoms with E-state index in [1.165, 1.54) is 11.3 Å². The van der Waals surface area contributed by atoms with Crippen LogP contribution in [0.4, 0.5) is 18.7 Å². The number of aromatic nitrogens is 1. The fourth-order valence-corrected chi connectivity index (χ4v) is 3.48. The third kappa shape index (κ3) is 3.76. The molecule has 1 aliphatic heterocycles. The van der Waals surface area contributed by atoms with E-state index in [0.29, 0.717) is 37.3 Å². The van der Waals surface area contributed by atoms with E-state index in [1.807, 2.05) is 0 Å². The molecule has 1 N–H and O–H groups in total. The molecule has 6 nitrogen and oxygen atoms in total. The average Bonchev–Trinajstić information content (AvgIpc) is 2.96. The van der Waals surface area contributed by atoms with Crippen LogP contribution >= 0.6 is 11.3 Å². The molecule has 2 amide bonds. The van der Waals surface area contributed by atoms with Crippen molar-refractivity contribution in [2.24, 2.45) is 0 Å². The molecule has 1 aliphatic rings. The molecular weight excluding hydrogens is 352 g/mol. The van der Waals surface area contributed by atoms with Crippen molar-refractivity contribution in [3.8, 4) is 0 Å². The second-order valence-corrected chi connectivity index (χ2v) is 6.42. The summed E-state index contributed by atoms with van der Waals surface area (Å²) in [4.78, 5) is 30.6. The molecule has 0 saturated carbocycles. The Labute approximate surface area is 146 Å². The lowest BCUT2D eigenvalue weighted by Crippen LogP contribution is -2.35. The van der Waals surface area contributed by atoms with Crippen LogP contribution in [0.2, 0.25) is 0 Å². The SMILES string of the molecule is CCOC(=O)N1CCc2nc(NC(=O)c3ccc(F)cc3F)sc2C1. The van der Waals surface area contributed by atoms with Crippen molar-refractivity contribution in [3.63, 3.8) is 0 Å². The van der Waals surface area contributed by atoms with E-state index in [9.17, 15) is 18.4 Å². The van der Waals surface area contributed by atoms with Gasteiger partial charge in [0.2, 0.25) is 0 Å². The Kier molecular flexibility index (Phi) is 4.93. The minimum Gasteiger partial charge on any atom is -0.450 e. The summed E-state index contributed by atoms with van der Waals surface area (Å²) in [6.07, 6.45) is 0.159. The minimum atomic E-state index is -0.938. The molecule has 3 rings (SSSR count). The number of thiazole rings is 1. The van der Waals surface area contributed by atoms with Crippen molar-refractivity contribution in [1.29, 1.82) is 0 Å². The van der Waals surface area contributed by atoms with Crippen molar-refractivity contribution in [1.82, 2.24) is 9.88 Å². The number of nitrogens with zero attached hydrogens (tertiary/aromatic N) is 2. The molecule has 0 aliphatic carbocycles. The highest BCUT2D eigenvalue weighted by Gasteiger charge is 2.25. The summed E-state index contributed by atoms with van der Waals surface area (Å²) in [5.74, 6) is -2.39. The van der Waals surface area contributed by atoms with Crippen molar-refractivity contribution in [3.05, 3.63) is 46.0 Å². The van der Waals surface area contributed by atoms with E-state index in [2.05, 4.69) is 10.3 Å². The van der Waals surface area contributed by atoms with Crippen molar-refractivity contribution < 1.29 is 23.1 Å². The van der Waals surface area contributed by atoms with E-state index < -0.39 is 17.5 Å². The fraction of sp³-hybridized carbons (Fsp3) is 0.312. The van der Waals surface area contributed by atoms with Gasteiger partial charge in [-0.05, 0) is 19.1 Å². The van der Waals surface area contributed by atoms with Crippen LogP contribution in [0, 0.1) is 11.6 Å². The monoisotopic (exact) mass is 367 g/mol. The lowest BCUT2D eigenvalue weighted by Gasteiger charge is -2.24. The zero-order valence-corrected chi connectivity index (χ0v) is 14.2. The highest BCUT2D eigenvalue weighted by molar-refractivity contribution is 7.15. The number of fused-ring (bicyclic) bond motifs is 1. The Bertz CT molecular complexity index is 825. The molecule has 0 radical (unpaired) electrons. The number of hydrogen-bond donors (Lipinski definition) is 1. The number of halogens is 2. The van der Waals surface area contributed by atoms with Gasteiger partial charge in [0.05, 0.1) is 24.4 Å². The van der Waals surface area contributed by atoms with Gasteiger partial charge in [-0.3, -0.25) is 10.1 Å². The first kappa shape index (κ1) is 17.3. The van der Waals surface area contributed by atoms with Gasteiger partial charge in [0, 0.05) is 23.9 Å². The van der Waals surface area contributed by atoms with Crippen LogP contribution in [-0.4, -0.2) is 35.0 Å². The molecule has 1 aromatic heterocycles. The lowest BCUT2D eigenvalue weighted by molar-refractivity contribution is 0.101. The Hall–Kier alpha value is -2.55. The smallest absolute Gasteiger partial charge is 0.410 e. The summed E-state index contributed by atoms with van der Waals surface area (Å²) in [5, 5.41) is 2.83. The van der Waals surface area contributed by atoms with E-state index in [4.69, 9.17) is 4.74 Å². The average molecular weight is 367 g/mol. The van der Waals surface area contributed by atoms with Crippen LogP contribution in [-0.2, 0) is 17.7 Å². The maximum absolute atomic E-state index is 13.7. The number of amides is 2. The quantitative estimate of drug-likeness (QED) is 0.904. The molecule has 2 heterocycles. The molecule has 1 aromatic carbocycles. The Balaban J connectivity index is 1.71. The topological polar surface area (TPSA) is 71.5 Å². The van der Waals surface area contributed by atoms with Gasteiger partial charge in [-0.1, -0.05) is 11.3 Å². The van der Waals surface area contributed by atoms with Gasteiger partial charge in [0.15, 0.2) is 5.13 Å². The maximum Gasteiger partial charge on any atom is 0.410 e. The van der Waals surface area contributed by atoms with E-state index >= 15 is 0 Å². The first-order valence-electron chi connectivity index (χ1n) is 7.64. The number of benzene rings is 1. The number of anilines is 1. The first-order valence-corrected chi connectivity index (χ1v) is 8.46. The number of carbonyl (C=O) groups is 2. The number of nitrogens with one attached hydrogen (secondary N) is 1. The second kappa shape index (κ2) is 7.14. The number of hydrogen-bond acceptors (Lipinski definition) is 5. The molecule has 0 bridgehead atoms. The van der Waals surface area contributed by atoms with Crippen molar-refractivity contribution in [2.75, 3.05) is 18.5 Å². The first-order chi connectivity index (χ1) is 12.0. The van der Waals surface area contributed by atoms with E-state index in [-0.39, 0.29) is 11.7 Å². The highest BCUT2D eigenvalue weighted by atomic mass is 32.1.